The molecule has 21 heavy (non-hydrogen) atoms. The fourth-order valence-corrected chi connectivity index (χ4v) is 4.71. The molecule has 2 atom stereocenters. The highest BCUT2D eigenvalue weighted by molar-refractivity contribution is 7.86. The SMILES string of the molecule is CCCCN(C)S(=O)(=O)N1CCOC[C@H]1[C@@H]1CCCC1=O. The number of hydrogen-bond donors (Lipinski definition) is 0. The van der Waals surface area contributed by atoms with Crippen molar-refractivity contribution in [1.82, 2.24) is 8.61 Å². The molecule has 2 rings (SSSR count). The third-order valence-corrected chi connectivity index (χ3v) is 6.46. The highest BCUT2D eigenvalue weighted by Crippen LogP contribution is 2.31. The number of carbonyl (C=O) groups excluding carboxylic acids is 1. The fourth-order valence-electron chi connectivity index (χ4n) is 3.14. The van der Waals surface area contributed by atoms with Crippen molar-refractivity contribution in [3.8, 4) is 0 Å². The highest BCUT2D eigenvalue weighted by atomic mass is 32.2. The molecule has 0 radical (unpaired) electrons. The summed E-state index contributed by atoms with van der Waals surface area (Å²) < 4.78 is 33.9. The Kier molecular flexibility index (Phi) is 5.76. The van der Waals surface area contributed by atoms with E-state index >= 15 is 0 Å². The first-order valence-corrected chi connectivity index (χ1v) is 9.21. The van der Waals surface area contributed by atoms with E-state index in [4.69, 9.17) is 4.74 Å². The molecule has 0 spiro atoms. The van der Waals surface area contributed by atoms with Crippen LogP contribution in [0.2, 0.25) is 0 Å². The van der Waals surface area contributed by atoms with Crippen molar-refractivity contribution in [3.63, 3.8) is 0 Å². The van der Waals surface area contributed by atoms with Crippen LogP contribution in [0.15, 0.2) is 0 Å². The Balaban J connectivity index is 2.15. The normalized spacial score (nSPS) is 28.4. The van der Waals surface area contributed by atoms with E-state index < -0.39 is 10.2 Å². The Morgan fingerprint density at radius 2 is 2.19 bits per heavy atom. The van der Waals surface area contributed by atoms with Gasteiger partial charge in [0.05, 0.1) is 19.3 Å². The van der Waals surface area contributed by atoms with Gasteiger partial charge in [0.25, 0.3) is 10.2 Å². The molecule has 1 saturated carbocycles. The van der Waals surface area contributed by atoms with Gasteiger partial charge in [-0.3, -0.25) is 4.79 Å². The molecular formula is C14H26N2O4S. The lowest BCUT2D eigenvalue weighted by molar-refractivity contribution is -0.123. The third-order valence-electron chi connectivity index (χ3n) is 4.45. The predicted octanol–water partition coefficient (Wildman–Crippen LogP) is 1.03. The molecule has 1 saturated heterocycles. The first-order valence-electron chi connectivity index (χ1n) is 7.82. The van der Waals surface area contributed by atoms with Gasteiger partial charge in [0.1, 0.15) is 5.78 Å². The van der Waals surface area contributed by atoms with Crippen LogP contribution >= 0.6 is 0 Å². The third kappa shape index (κ3) is 3.64. The van der Waals surface area contributed by atoms with E-state index in [1.54, 1.807) is 7.05 Å². The van der Waals surface area contributed by atoms with E-state index in [-0.39, 0.29) is 17.7 Å². The van der Waals surface area contributed by atoms with Gasteiger partial charge in [0, 0.05) is 32.5 Å². The van der Waals surface area contributed by atoms with Crippen LogP contribution in [-0.4, -0.2) is 62.2 Å². The fraction of sp³-hybridized carbons (Fsp3) is 0.929. The number of rotatable bonds is 6. The summed E-state index contributed by atoms with van der Waals surface area (Å²) in [4.78, 5) is 12.0. The largest absolute Gasteiger partial charge is 0.378 e. The van der Waals surface area contributed by atoms with E-state index in [0.717, 1.165) is 25.7 Å². The summed E-state index contributed by atoms with van der Waals surface area (Å²) >= 11 is 0. The molecule has 122 valence electrons. The second-order valence-electron chi connectivity index (χ2n) is 5.90. The zero-order valence-corrected chi connectivity index (χ0v) is 13.8. The molecule has 0 unspecified atom stereocenters. The van der Waals surface area contributed by atoms with Gasteiger partial charge in [-0.25, -0.2) is 0 Å². The number of Topliss-reactive ketones (excluding diaryl/α,β-unsaturated/α-hetero) is 1. The van der Waals surface area contributed by atoms with Crippen LogP contribution in [0.1, 0.15) is 39.0 Å². The van der Waals surface area contributed by atoms with Gasteiger partial charge in [0.15, 0.2) is 0 Å². The van der Waals surface area contributed by atoms with Crippen molar-refractivity contribution in [2.24, 2.45) is 5.92 Å². The molecule has 6 nitrogen and oxygen atoms in total. The second kappa shape index (κ2) is 7.17. The van der Waals surface area contributed by atoms with Crippen LogP contribution in [-0.2, 0) is 19.7 Å². The Labute approximate surface area is 127 Å². The molecule has 2 fully saturated rings. The van der Waals surface area contributed by atoms with Gasteiger partial charge in [-0.05, 0) is 19.3 Å². The molecular weight excluding hydrogens is 292 g/mol. The number of ketones is 1. The summed E-state index contributed by atoms with van der Waals surface area (Å²) in [7, 11) is -1.89. The van der Waals surface area contributed by atoms with Crippen molar-refractivity contribution < 1.29 is 17.9 Å². The number of ether oxygens (including phenoxy) is 1. The minimum atomic E-state index is -3.51. The monoisotopic (exact) mass is 318 g/mol. The smallest absolute Gasteiger partial charge is 0.282 e. The Bertz CT molecular complexity index is 466. The summed E-state index contributed by atoms with van der Waals surface area (Å²) in [5.74, 6) is -0.0124. The number of hydrogen-bond acceptors (Lipinski definition) is 4. The molecule has 0 N–H and O–H groups in total. The van der Waals surface area contributed by atoms with Gasteiger partial charge < -0.3 is 4.74 Å². The van der Waals surface area contributed by atoms with Crippen LogP contribution in [0.3, 0.4) is 0 Å². The standard InChI is InChI=1S/C14H26N2O4S/c1-3-4-8-15(2)21(18,19)16-9-10-20-11-13(16)12-6-5-7-14(12)17/h12-13H,3-11H2,1-2H3/t12-,13-/m0/s1. The van der Waals surface area contributed by atoms with Crippen molar-refractivity contribution in [2.45, 2.75) is 45.1 Å². The van der Waals surface area contributed by atoms with Gasteiger partial charge in [-0.2, -0.15) is 17.0 Å². The zero-order chi connectivity index (χ0) is 15.5. The van der Waals surface area contributed by atoms with Crippen molar-refractivity contribution in [1.29, 1.82) is 0 Å². The molecule has 0 bridgehead atoms. The maximum absolute atomic E-state index is 12.8. The van der Waals surface area contributed by atoms with E-state index in [0.29, 0.717) is 32.7 Å². The molecule has 2 aliphatic rings. The first kappa shape index (κ1) is 16.9. The van der Waals surface area contributed by atoms with Crippen molar-refractivity contribution in [3.05, 3.63) is 0 Å². The van der Waals surface area contributed by atoms with Gasteiger partial charge in [0.2, 0.25) is 0 Å². The Hall–Kier alpha value is -0.500. The lowest BCUT2D eigenvalue weighted by Gasteiger charge is -2.39. The van der Waals surface area contributed by atoms with Crippen LogP contribution in [0.25, 0.3) is 0 Å². The number of morpholine rings is 1. The first-order chi connectivity index (χ1) is 9.98. The molecule has 1 heterocycles. The number of carbonyl (C=O) groups is 1. The van der Waals surface area contributed by atoms with Crippen LogP contribution < -0.4 is 0 Å². The number of unbranched alkanes of at least 4 members (excludes halogenated alkanes) is 1. The minimum Gasteiger partial charge on any atom is -0.378 e. The zero-order valence-electron chi connectivity index (χ0n) is 13.0. The summed E-state index contributed by atoms with van der Waals surface area (Å²) in [6.07, 6.45) is 4.00. The molecule has 7 heteroatoms. The lowest BCUT2D eigenvalue weighted by Crippen LogP contribution is -2.56. The Morgan fingerprint density at radius 1 is 1.43 bits per heavy atom. The van der Waals surface area contributed by atoms with Crippen molar-refractivity contribution in [2.75, 3.05) is 33.4 Å². The topological polar surface area (TPSA) is 66.9 Å². The van der Waals surface area contributed by atoms with Crippen LogP contribution in [0, 0.1) is 5.92 Å². The summed E-state index contributed by atoms with van der Waals surface area (Å²) in [5.41, 5.74) is 0. The maximum Gasteiger partial charge on any atom is 0.282 e. The second-order valence-corrected chi connectivity index (χ2v) is 7.89. The minimum absolute atomic E-state index is 0.182. The average Bonchev–Trinajstić information content (AvgIpc) is 2.90. The van der Waals surface area contributed by atoms with E-state index in [9.17, 15) is 13.2 Å². The quantitative estimate of drug-likeness (QED) is 0.734. The Morgan fingerprint density at radius 3 is 2.81 bits per heavy atom. The van der Waals surface area contributed by atoms with E-state index in [2.05, 4.69) is 0 Å². The molecule has 0 aromatic heterocycles. The number of nitrogens with zero attached hydrogens (tertiary/aromatic N) is 2. The molecule has 1 aliphatic heterocycles. The summed E-state index contributed by atoms with van der Waals surface area (Å²) in [6, 6.07) is -0.331. The average molecular weight is 318 g/mol. The van der Waals surface area contributed by atoms with Crippen molar-refractivity contribution >= 4 is 16.0 Å². The molecule has 0 aromatic carbocycles. The summed E-state index contributed by atoms with van der Waals surface area (Å²) in [6.45, 7) is 3.62. The maximum atomic E-state index is 12.8. The van der Waals surface area contributed by atoms with E-state index in [1.807, 2.05) is 6.92 Å². The van der Waals surface area contributed by atoms with Gasteiger partial charge in [-0.15, -0.1) is 0 Å². The van der Waals surface area contributed by atoms with E-state index in [1.165, 1.54) is 8.61 Å². The lowest BCUT2D eigenvalue weighted by atomic mass is 9.97. The van der Waals surface area contributed by atoms with Crippen LogP contribution in [0.5, 0.6) is 0 Å². The van der Waals surface area contributed by atoms with Crippen LogP contribution in [0.4, 0.5) is 0 Å². The summed E-state index contributed by atoms with van der Waals surface area (Å²) in [5, 5.41) is 0. The van der Waals surface area contributed by atoms with Gasteiger partial charge >= 0.3 is 0 Å². The molecule has 0 amide bonds. The van der Waals surface area contributed by atoms with Gasteiger partial charge in [-0.1, -0.05) is 13.3 Å². The molecule has 1 aliphatic carbocycles. The molecule has 0 aromatic rings. The predicted molar refractivity (Wildman–Crippen MR) is 80.1 cm³/mol. The highest BCUT2D eigenvalue weighted by Gasteiger charge is 2.43.